The second-order valence-electron chi connectivity index (χ2n) is 2.46. The smallest absolute Gasteiger partial charge is 0.325 e. The van der Waals surface area contributed by atoms with Crippen LogP contribution in [-0.4, -0.2) is 28.8 Å². The molecule has 0 saturated heterocycles. The van der Waals surface area contributed by atoms with Crippen molar-refractivity contribution < 1.29 is 9.90 Å². The molecule has 4 heteroatoms. The van der Waals surface area contributed by atoms with E-state index in [1.54, 1.807) is 12.4 Å². The van der Waals surface area contributed by atoms with Crippen LogP contribution in [0.1, 0.15) is 6.92 Å². The zero-order valence-electron chi connectivity index (χ0n) is 6.27. The quantitative estimate of drug-likeness (QED) is 0.631. The van der Waals surface area contributed by atoms with Gasteiger partial charge in [-0.05, 0) is 0 Å². The predicted molar refractivity (Wildman–Crippen MR) is 41.1 cm³/mol. The molecule has 1 aliphatic rings. The Balaban J connectivity index is 2.45. The van der Waals surface area contributed by atoms with E-state index in [9.17, 15) is 4.79 Å². The monoisotopic (exact) mass is 154 g/mol. The lowest BCUT2D eigenvalue weighted by atomic mass is 10.2. The number of aliphatic carboxylic acids is 1. The van der Waals surface area contributed by atoms with Crippen LogP contribution in [0, 0.1) is 5.92 Å². The SMILES string of the molecule is CC1C=CN(CC(=O)O)N=C1. The maximum Gasteiger partial charge on any atom is 0.325 e. The minimum Gasteiger partial charge on any atom is -0.480 e. The first-order valence-electron chi connectivity index (χ1n) is 3.39. The lowest BCUT2D eigenvalue weighted by molar-refractivity contribution is -0.137. The summed E-state index contributed by atoms with van der Waals surface area (Å²) in [6, 6.07) is 0. The summed E-state index contributed by atoms with van der Waals surface area (Å²) in [5.41, 5.74) is 0. The number of hydrogen-bond donors (Lipinski definition) is 1. The summed E-state index contributed by atoms with van der Waals surface area (Å²) in [7, 11) is 0. The van der Waals surface area contributed by atoms with Gasteiger partial charge in [-0.15, -0.1) is 0 Å². The van der Waals surface area contributed by atoms with Gasteiger partial charge in [0.2, 0.25) is 0 Å². The largest absolute Gasteiger partial charge is 0.480 e. The minimum atomic E-state index is -0.874. The van der Waals surface area contributed by atoms with Gasteiger partial charge in [-0.1, -0.05) is 13.0 Å². The van der Waals surface area contributed by atoms with Crippen molar-refractivity contribution in [3.63, 3.8) is 0 Å². The van der Waals surface area contributed by atoms with Crippen LogP contribution < -0.4 is 0 Å². The number of carbonyl (C=O) groups is 1. The number of allylic oxidation sites excluding steroid dienone is 1. The molecule has 1 unspecified atom stereocenters. The van der Waals surface area contributed by atoms with Gasteiger partial charge in [-0.2, -0.15) is 5.10 Å². The van der Waals surface area contributed by atoms with E-state index < -0.39 is 5.97 Å². The van der Waals surface area contributed by atoms with Crippen LogP contribution in [0.25, 0.3) is 0 Å². The van der Waals surface area contributed by atoms with E-state index in [4.69, 9.17) is 5.11 Å². The molecule has 0 fully saturated rings. The van der Waals surface area contributed by atoms with Crippen LogP contribution in [0.3, 0.4) is 0 Å². The molecule has 1 atom stereocenters. The fourth-order valence-corrected chi connectivity index (χ4v) is 0.746. The highest BCUT2D eigenvalue weighted by Crippen LogP contribution is 2.03. The molecule has 1 heterocycles. The van der Waals surface area contributed by atoms with Gasteiger partial charge in [0.05, 0.1) is 0 Å². The minimum absolute atomic E-state index is 0.0697. The molecule has 0 aromatic rings. The van der Waals surface area contributed by atoms with Crippen LogP contribution in [0.2, 0.25) is 0 Å². The van der Waals surface area contributed by atoms with E-state index in [0.717, 1.165) is 0 Å². The Bertz CT molecular complexity index is 196. The highest BCUT2D eigenvalue weighted by atomic mass is 16.4. The van der Waals surface area contributed by atoms with Crippen molar-refractivity contribution in [1.82, 2.24) is 5.01 Å². The van der Waals surface area contributed by atoms with Crippen molar-refractivity contribution in [2.24, 2.45) is 11.0 Å². The summed E-state index contributed by atoms with van der Waals surface area (Å²) < 4.78 is 0. The van der Waals surface area contributed by atoms with Crippen LogP contribution >= 0.6 is 0 Å². The van der Waals surface area contributed by atoms with Gasteiger partial charge in [0.25, 0.3) is 0 Å². The number of rotatable bonds is 2. The Labute approximate surface area is 64.8 Å². The maximum atomic E-state index is 10.2. The summed E-state index contributed by atoms with van der Waals surface area (Å²) >= 11 is 0. The fourth-order valence-electron chi connectivity index (χ4n) is 0.746. The lowest BCUT2D eigenvalue weighted by Gasteiger charge is -2.15. The third-order valence-corrected chi connectivity index (χ3v) is 1.31. The standard InChI is InChI=1S/C7H10N2O2/c1-6-2-3-9(8-4-6)5-7(10)11/h2-4,6H,5H2,1H3,(H,10,11). The molecule has 1 rings (SSSR count). The normalized spacial score (nSPS) is 22.3. The van der Waals surface area contributed by atoms with E-state index in [0.29, 0.717) is 5.92 Å². The Kier molecular flexibility index (Phi) is 2.25. The highest BCUT2D eigenvalue weighted by molar-refractivity contribution is 5.70. The molecule has 0 bridgehead atoms. The Morgan fingerprint density at radius 2 is 2.55 bits per heavy atom. The predicted octanol–water partition coefficient (Wildman–Crippen LogP) is 0.522. The first kappa shape index (κ1) is 7.78. The topological polar surface area (TPSA) is 52.9 Å². The van der Waals surface area contributed by atoms with Gasteiger partial charge in [0.15, 0.2) is 0 Å². The van der Waals surface area contributed by atoms with Gasteiger partial charge in [-0.25, -0.2) is 0 Å². The molecule has 60 valence electrons. The lowest BCUT2D eigenvalue weighted by Crippen LogP contribution is -2.22. The van der Waals surface area contributed by atoms with Gasteiger partial charge in [0, 0.05) is 18.3 Å². The third kappa shape index (κ3) is 2.41. The molecular weight excluding hydrogens is 144 g/mol. The summed E-state index contributed by atoms with van der Waals surface area (Å²) in [5, 5.41) is 13.7. The summed E-state index contributed by atoms with van der Waals surface area (Å²) in [6.07, 6.45) is 5.29. The summed E-state index contributed by atoms with van der Waals surface area (Å²) in [6.45, 7) is 1.91. The van der Waals surface area contributed by atoms with Crippen molar-refractivity contribution in [2.75, 3.05) is 6.54 Å². The number of carboxylic acid groups (broad SMARTS) is 1. The van der Waals surface area contributed by atoms with Crippen LogP contribution in [0.4, 0.5) is 0 Å². The van der Waals surface area contributed by atoms with Gasteiger partial charge >= 0.3 is 5.97 Å². The number of hydrogen-bond acceptors (Lipinski definition) is 3. The fraction of sp³-hybridized carbons (Fsp3) is 0.429. The highest BCUT2D eigenvalue weighted by Gasteiger charge is 2.06. The molecule has 1 N–H and O–H groups in total. The van der Waals surface area contributed by atoms with E-state index in [2.05, 4.69) is 5.10 Å². The van der Waals surface area contributed by atoms with E-state index in [-0.39, 0.29) is 6.54 Å². The van der Waals surface area contributed by atoms with Crippen molar-refractivity contribution in [3.8, 4) is 0 Å². The Hall–Kier alpha value is -1.32. The number of carboxylic acids is 1. The van der Waals surface area contributed by atoms with Crippen molar-refractivity contribution >= 4 is 12.2 Å². The molecule has 0 saturated carbocycles. The Morgan fingerprint density at radius 3 is 3.00 bits per heavy atom. The average molecular weight is 154 g/mol. The van der Waals surface area contributed by atoms with Gasteiger partial charge in [-0.3, -0.25) is 9.80 Å². The van der Waals surface area contributed by atoms with Crippen LogP contribution in [0.5, 0.6) is 0 Å². The molecule has 0 aromatic carbocycles. The third-order valence-electron chi connectivity index (χ3n) is 1.31. The molecule has 0 aromatic heterocycles. The first-order valence-corrected chi connectivity index (χ1v) is 3.39. The molecule has 4 nitrogen and oxygen atoms in total. The van der Waals surface area contributed by atoms with Crippen LogP contribution in [0.15, 0.2) is 17.4 Å². The van der Waals surface area contributed by atoms with Crippen molar-refractivity contribution in [3.05, 3.63) is 12.3 Å². The van der Waals surface area contributed by atoms with E-state index in [1.165, 1.54) is 5.01 Å². The second-order valence-corrected chi connectivity index (χ2v) is 2.46. The Morgan fingerprint density at radius 1 is 1.82 bits per heavy atom. The number of nitrogens with zero attached hydrogens (tertiary/aromatic N) is 2. The first-order chi connectivity index (χ1) is 5.18. The average Bonchev–Trinajstić information content (AvgIpc) is 1.93. The number of hydrazone groups is 1. The second kappa shape index (κ2) is 3.18. The van der Waals surface area contributed by atoms with Crippen molar-refractivity contribution in [2.45, 2.75) is 6.92 Å². The van der Waals surface area contributed by atoms with E-state index in [1.807, 2.05) is 13.0 Å². The molecule has 0 amide bonds. The molecule has 0 spiro atoms. The summed E-state index contributed by atoms with van der Waals surface area (Å²) in [5.74, 6) is -0.568. The van der Waals surface area contributed by atoms with Gasteiger partial charge < -0.3 is 5.11 Å². The molecular formula is C7H10N2O2. The van der Waals surface area contributed by atoms with Gasteiger partial charge in [0.1, 0.15) is 6.54 Å². The molecule has 11 heavy (non-hydrogen) atoms. The van der Waals surface area contributed by atoms with Crippen molar-refractivity contribution in [1.29, 1.82) is 0 Å². The zero-order chi connectivity index (χ0) is 8.27. The zero-order valence-corrected chi connectivity index (χ0v) is 6.27. The maximum absolute atomic E-state index is 10.2. The summed E-state index contributed by atoms with van der Waals surface area (Å²) in [4.78, 5) is 10.2. The molecule has 0 aliphatic carbocycles. The molecule has 0 radical (unpaired) electrons. The van der Waals surface area contributed by atoms with Crippen LogP contribution in [-0.2, 0) is 4.79 Å². The molecule has 1 aliphatic heterocycles. The van der Waals surface area contributed by atoms with E-state index >= 15 is 0 Å².